The Bertz CT molecular complexity index is 611. The van der Waals surface area contributed by atoms with Crippen LogP contribution in [0.1, 0.15) is 11.4 Å². The molecule has 0 aliphatic rings. The quantitative estimate of drug-likeness (QED) is 0.461. The molecule has 7 heteroatoms. The molecule has 0 spiro atoms. The minimum absolute atomic E-state index is 0.0398. The lowest BCUT2D eigenvalue weighted by Crippen LogP contribution is -2.11. The molecule has 1 aromatic carbocycles. The fourth-order valence-electron chi connectivity index (χ4n) is 1.72. The summed E-state index contributed by atoms with van der Waals surface area (Å²) in [5, 5.41) is 11.5. The van der Waals surface area contributed by atoms with Crippen LogP contribution in [0.3, 0.4) is 0 Å². The maximum Gasteiger partial charge on any atom is 0.295 e. The number of nitrogens with zero attached hydrogens (tertiary/aromatic N) is 3. The third-order valence-corrected chi connectivity index (χ3v) is 2.37. The van der Waals surface area contributed by atoms with Gasteiger partial charge in [-0.3, -0.25) is 10.1 Å². The highest BCUT2D eigenvalue weighted by Gasteiger charge is 2.17. The van der Waals surface area contributed by atoms with Crippen LogP contribution >= 0.6 is 0 Å². The third-order valence-electron chi connectivity index (χ3n) is 2.37. The molecule has 0 saturated heterocycles. The normalized spacial score (nSPS) is 10.5. The highest BCUT2D eigenvalue weighted by atomic mass is 16.6. The number of rotatable bonds is 2. The third kappa shape index (κ3) is 1.87. The number of hydrogen-bond acceptors (Lipinski definition) is 6. The highest BCUT2D eigenvalue weighted by molar-refractivity contribution is 5.95. The van der Waals surface area contributed by atoms with Crippen LogP contribution in [0.2, 0.25) is 0 Å². The molecule has 0 radical (unpaired) electrons. The molecule has 0 bridgehead atoms. The Labute approximate surface area is 96.8 Å². The molecule has 0 aliphatic heterocycles. The molecular weight excluding hydrogens is 222 g/mol. The molecule has 2 aromatic rings. The number of nitro groups is 1. The van der Waals surface area contributed by atoms with Crippen LogP contribution < -0.4 is 11.3 Å². The van der Waals surface area contributed by atoms with Gasteiger partial charge in [0.1, 0.15) is 5.82 Å². The van der Waals surface area contributed by atoms with Gasteiger partial charge in [-0.1, -0.05) is 0 Å². The smallest absolute Gasteiger partial charge is 0.295 e. The average molecular weight is 233 g/mol. The summed E-state index contributed by atoms with van der Waals surface area (Å²) in [7, 11) is 0. The summed E-state index contributed by atoms with van der Waals surface area (Å²) in [5.74, 6) is 6.17. The average Bonchev–Trinajstić information content (AvgIpc) is 2.27. The van der Waals surface area contributed by atoms with Crippen molar-refractivity contribution < 1.29 is 4.92 Å². The number of nitro benzene ring substituents is 1. The maximum atomic E-state index is 11.0. The fourth-order valence-corrected chi connectivity index (χ4v) is 1.72. The SMILES string of the molecule is Cc1cc([N+](=O)[O-])c2nc(C)nc(NN)c2c1. The van der Waals surface area contributed by atoms with Crippen molar-refractivity contribution in [3.63, 3.8) is 0 Å². The fraction of sp³-hybridized carbons (Fsp3) is 0.200. The summed E-state index contributed by atoms with van der Waals surface area (Å²) >= 11 is 0. The minimum Gasteiger partial charge on any atom is -0.308 e. The number of non-ortho nitro benzene ring substituents is 1. The first-order chi connectivity index (χ1) is 8.02. The zero-order chi connectivity index (χ0) is 12.6. The second-order valence-corrected chi connectivity index (χ2v) is 3.70. The molecule has 17 heavy (non-hydrogen) atoms. The summed E-state index contributed by atoms with van der Waals surface area (Å²) in [5.41, 5.74) is 3.44. The maximum absolute atomic E-state index is 11.0. The summed E-state index contributed by atoms with van der Waals surface area (Å²) in [6, 6.07) is 3.24. The number of anilines is 1. The molecule has 0 fully saturated rings. The van der Waals surface area contributed by atoms with Crippen molar-refractivity contribution in [2.75, 3.05) is 5.43 Å². The van der Waals surface area contributed by atoms with E-state index < -0.39 is 4.92 Å². The van der Waals surface area contributed by atoms with Crippen molar-refractivity contribution in [3.05, 3.63) is 33.6 Å². The van der Waals surface area contributed by atoms with Gasteiger partial charge in [-0.05, 0) is 25.5 Å². The van der Waals surface area contributed by atoms with Crippen molar-refractivity contribution in [1.29, 1.82) is 0 Å². The van der Waals surface area contributed by atoms with Gasteiger partial charge in [0.2, 0.25) is 0 Å². The van der Waals surface area contributed by atoms with Gasteiger partial charge in [-0.15, -0.1) is 0 Å². The second-order valence-electron chi connectivity index (χ2n) is 3.70. The molecule has 3 N–H and O–H groups in total. The summed E-state index contributed by atoms with van der Waals surface area (Å²) in [6.07, 6.45) is 0. The number of fused-ring (bicyclic) bond motifs is 1. The van der Waals surface area contributed by atoms with Crippen LogP contribution in [0.25, 0.3) is 10.9 Å². The lowest BCUT2D eigenvalue weighted by atomic mass is 10.1. The summed E-state index contributed by atoms with van der Waals surface area (Å²) in [4.78, 5) is 18.7. The van der Waals surface area contributed by atoms with Gasteiger partial charge >= 0.3 is 0 Å². The Kier molecular flexibility index (Phi) is 2.60. The topological polar surface area (TPSA) is 107 Å². The van der Waals surface area contributed by atoms with Crippen molar-refractivity contribution >= 4 is 22.4 Å². The molecule has 0 atom stereocenters. The van der Waals surface area contributed by atoms with Gasteiger partial charge in [-0.2, -0.15) is 0 Å². The number of aryl methyl sites for hydroxylation is 2. The monoisotopic (exact) mass is 233 g/mol. The van der Waals surface area contributed by atoms with Crippen LogP contribution in [0.4, 0.5) is 11.5 Å². The van der Waals surface area contributed by atoms with Gasteiger partial charge in [0.25, 0.3) is 5.69 Å². The number of hydrazine groups is 1. The van der Waals surface area contributed by atoms with Crippen molar-refractivity contribution in [2.45, 2.75) is 13.8 Å². The predicted octanol–water partition coefficient (Wildman–Crippen LogP) is 1.44. The van der Waals surface area contributed by atoms with Crippen LogP contribution in [0.15, 0.2) is 12.1 Å². The van der Waals surface area contributed by atoms with Gasteiger partial charge in [-0.25, -0.2) is 15.8 Å². The Morgan fingerprint density at radius 3 is 2.65 bits per heavy atom. The van der Waals surface area contributed by atoms with E-state index in [0.717, 1.165) is 5.56 Å². The Morgan fingerprint density at radius 2 is 2.06 bits per heavy atom. The number of nitrogens with one attached hydrogen (secondary N) is 1. The lowest BCUT2D eigenvalue weighted by molar-refractivity contribution is -0.383. The molecule has 1 aromatic heterocycles. The Morgan fingerprint density at radius 1 is 1.35 bits per heavy atom. The molecule has 1 heterocycles. The van der Waals surface area contributed by atoms with Gasteiger partial charge in [0, 0.05) is 6.07 Å². The molecule has 7 nitrogen and oxygen atoms in total. The van der Waals surface area contributed by atoms with Crippen LogP contribution in [0, 0.1) is 24.0 Å². The van der Waals surface area contributed by atoms with E-state index in [0.29, 0.717) is 22.5 Å². The largest absolute Gasteiger partial charge is 0.308 e. The van der Waals surface area contributed by atoms with E-state index in [1.807, 2.05) is 0 Å². The predicted molar refractivity (Wildman–Crippen MR) is 63.5 cm³/mol. The standard InChI is InChI=1S/C10H11N5O2/c1-5-3-7-9(8(4-5)15(16)17)12-6(2)13-10(7)14-11/h3-4H,11H2,1-2H3,(H,12,13,14). The van der Waals surface area contributed by atoms with Gasteiger partial charge in [0.15, 0.2) is 11.3 Å². The minimum atomic E-state index is -0.456. The molecule has 0 aliphatic carbocycles. The Hall–Kier alpha value is -2.28. The van der Waals surface area contributed by atoms with Crippen LogP contribution in [-0.4, -0.2) is 14.9 Å². The van der Waals surface area contributed by atoms with Gasteiger partial charge < -0.3 is 5.43 Å². The summed E-state index contributed by atoms with van der Waals surface area (Å²) < 4.78 is 0. The molecular formula is C10H11N5O2. The summed E-state index contributed by atoms with van der Waals surface area (Å²) in [6.45, 7) is 3.43. The number of nitrogens with two attached hydrogens (primary N) is 1. The van der Waals surface area contributed by atoms with Crippen LogP contribution in [-0.2, 0) is 0 Å². The van der Waals surface area contributed by atoms with E-state index >= 15 is 0 Å². The first kappa shape index (κ1) is 11.2. The number of nitrogen functional groups attached to an aromatic ring is 1. The van der Waals surface area contributed by atoms with Crippen molar-refractivity contribution in [3.8, 4) is 0 Å². The molecule has 0 amide bonds. The number of aromatic nitrogens is 2. The zero-order valence-electron chi connectivity index (χ0n) is 9.39. The van der Waals surface area contributed by atoms with Crippen molar-refractivity contribution in [1.82, 2.24) is 9.97 Å². The zero-order valence-corrected chi connectivity index (χ0v) is 9.39. The lowest BCUT2D eigenvalue weighted by Gasteiger charge is -2.07. The number of hydrogen-bond donors (Lipinski definition) is 2. The highest BCUT2D eigenvalue weighted by Crippen LogP contribution is 2.29. The molecule has 2 rings (SSSR count). The van der Waals surface area contributed by atoms with Crippen molar-refractivity contribution in [2.24, 2.45) is 5.84 Å². The van der Waals surface area contributed by atoms with E-state index in [1.165, 1.54) is 6.07 Å². The van der Waals surface area contributed by atoms with E-state index in [2.05, 4.69) is 15.4 Å². The first-order valence-electron chi connectivity index (χ1n) is 4.93. The van der Waals surface area contributed by atoms with E-state index in [4.69, 9.17) is 5.84 Å². The number of benzene rings is 1. The molecule has 88 valence electrons. The van der Waals surface area contributed by atoms with E-state index in [-0.39, 0.29) is 5.69 Å². The first-order valence-corrected chi connectivity index (χ1v) is 4.93. The van der Waals surface area contributed by atoms with Crippen LogP contribution in [0.5, 0.6) is 0 Å². The van der Waals surface area contributed by atoms with E-state index in [1.54, 1.807) is 19.9 Å². The molecule has 0 saturated carbocycles. The second kappa shape index (κ2) is 3.95. The van der Waals surface area contributed by atoms with E-state index in [9.17, 15) is 10.1 Å². The molecule has 0 unspecified atom stereocenters. The van der Waals surface area contributed by atoms with Gasteiger partial charge in [0.05, 0.1) is 10.3 Å². The Balaban J connectivity index is 2.93.